The van der Waals surface area contributed by atoms with Gasteiger partial charge in [0.15, 0.2) is 0 Å². The number of hydrogen-bond donors (Lipinski definition) is 0. The van der Waals surface area contributed by atoms with E-state index in [1.165, 1.54) is 20.7 Å². The van der Waals surface area contributed by atoms with Gasteiger partial charge in [-0.2, -0.15) is 0 Å². The molecule has 0 aliphatic rings. The van der Waals surface area contributed by atoms with E-state index in [-0.39, 0.29) is 0 Å². The second-order valence-corrected chi connectivity index (χ2v) is 5.21. The van der Waals surface area contributed by atoms with Gasteiger partial charge in [-0.25, -0.2) is 0 Å². The van der Waals surface area contributed by atoms with E-state index in [1.54, 1.807) is 11.8 Å². The summed E-state index contributed by atoms with van der Waals surface area (Å²) in [4.78, 5) is 2.57. The molecule has 1 heterocycles. The molecule has 0 aliphatic carbocycles. The van der Waals surface area contributed by atoms with Crippen LogP contribution in [0.2, 0.25) is 0 Å². The van der Waals surface area contributed by atoms with Crippen LogP contribution in [0.3, 0.4) is 0 Å². The van der Waals surface area contributed by atoms with Crippen LogP contribution in [0.4, 0.5) is 0 Å². The smallest absolute Gasteiger partial charge is 0.0478 e. The number of aromatic nitrogens is 1. The molecule has 2 aromatic carbocycles. The van der Waals surface area contributed by atoms with Crippen molar-refractivity contribution < 1.29 is 0 Å². The second-order valence-electron chi connectivity index (χ2n) is 4.06. The number of aryl methyl sites for hydroxylation is 1. The molecule has 0 atom stereocenters. The lowest BCUT2D eigenvalue weighted by Gasteiger charge is -2.02. The van der Waals surface area contributed by atoms with Gasteiger partial charge in [-0.3, -0.25) is 0 Å². The second kappa shape index (κ2) is 4.30. The lowest BCUT2D eigenvalue weighted by Crippen LogP contribution is -1.83. The molecule has 0 radical (unpaired) electrons. The van der Waals surface area contributed by atoms with Crippen molar-refractivity contribution in [3.8, 4) is 0 Å². The van der Waals surface area contributed by atoms with Crippen molar-refractivity contribution >= 4 is 22.7 Å². The van der Waals surface area contributed by atoms with E-state index in [0.717, 1.165) is 0 Å². The molecule has 0 fully saturated rings. The summed E-state index contributed by atoms with van der Waals surface area (Å²) in [6, 6.07) is 19.2. The summed E-state index contributed by atoms with van der Waals surface area (Å²) in [5.41, 5.74) is 1.28. The summed E-state index contributed by atoms with van der Waals surface area (Å²) in [6.45, 7) is 0. The fourth-order valence-electron chi connectivity index (χ4n) is 1.95. The van der Waals surface area contributed by atoms with E-state index >= 15 is 0 Å². The highest BCUT2D eigenvalue weighted by atomic mass is 32.2. The predicted octanol–water partition coefficient (Wildman–Crippen LogP) is 4.33. The van der Waals surface area contributed by atoms with Crippen LogP contribution in [0.15, 0.2) is 70.6 Å². The van der Waals surface area contributed by atoms with Crippen molar-refractivity contribution in [3.63, 3.8) is 0 Å². The molecular formula is C15H13NS. The van der Waals surface area contributed by atoms with Gasteiger partial charge in [0.05, 0.1) is 0 Å². The molecule has 0 unspecified atom stereocenters. The molecule has 1 aromatic heterocycles. The minimum atomic E-state index is 1.28. The van der Waals surface area contributed by atoms with Gasteiger partial charge >= 0.3 is 0 Å². The fraction of sp³-hybridized carbons (Fsp3) is 0.0667. The van der Waals surface area contributed by atoms with Gasteiger partial charge in [0, 0.05) is 33.9 Å². The molecule has 2 heteroatoms. The molecule has 84 valence electrons. The van der Waals surface area contributed by atoms with E-state index in [1.807, 2.05) is 6.07 Å². The summed E-state index contributed by atoms with van der Waals surface area (Å²) in [7, 11) is 2.08. The zero-order valence-corrected chi connectivity index (χ0v) is 10.4. The standard InChI is InChI=1S/C15H13NS/c1-16-10-9-12-11-14(7-8-15(12)16)17-13-5-3-2-4-6-13/h2-11H,1H3. The molecule has 0 N–H and O–H groups in total. The number of hydrogen-bond acceptors (Lipinski definition) is 1. The molecule has 0 amide bonds. The van der Waals surface area contributed by atoms with Crippen molar-refractivity contribution in [2.75, 3.05) is 0 Å². The maximum absolute atomic E-state index is 2.24. The highest BCUT2D eigenvalue weighted by Gasteiger charge is 2.01. The Morgan fingerprint density at radius 2 is 1.71 bits per heavy atom. The van der Waals surface area contributed by atoms with E-state index in [0.29, 0.717) is 0 Å². The van der Waals surface area contributed by atoms with E-state index < -0.39 is 0 Å². The molecule has 0 spiro atoms. The molecule has 0 saturated heterocycles. The number of benzene rings is 2. The average molecular weight is 239 g/mol. The van der Waals surface area contributed by atoms with Crippen LogP contribution in [0, 0.1) is 0 Å². The van der Waals surface area contributed by atoms with Crippen molar-refractivity contribution in [2.24, 2.45) is 7.05 Å². The summed E-state index contributed by atoms with van der Waals surface area (Å²) in [5, 5.41) is 1.30. The quantitative estimate of drug-likeness (QED) is 0.644. The molecule has 0 bridgehead atoms. The first kappa shape index (κ1) is 10.5. The Bertz CT molecular complexity index is 640. The SMILES string of the molecule is Cn1ccc2cc(Sc3ccccc3)ccc21. The Kier molecular flexibility index (Phi) is 2.65. The van der Waals surface area contributed by atoms with Gasteiger partial charge in [0.2, 0.25) is 0 Å². The van der Waals surface area contributed by atoms with Gasteiger partial charge < -0.3 is 4.57 Å². The maximum atomic E-state index is 2.24. The van der Waals surface area contributed by atoms with Crippen LogP contribution in [0.1, 0.15) is 0 Å². The third-order valence-corrected chi connectivity index (χ3v) is 3.83. The van der Waals surface area contributed by atoms with E-state index in [4.69, 9.17) is 0 Å². The summed E-state index contributed by atoms with van der Waals surface area (Å²) < 4.78 is 2.15. The summed E-state index contributed by atoms with van der Waals surface area (Å²) in [5.74, 6) is 0. The van der Waals surface area contributed by atoms with Crippen LogP contribution in [-0.2, 0) is 7.05 Å². The Morgan fingerprint density at radius 3 is 2.53 bits per heavy atom. The molecule has 3 rings (SSSR count). The Hall–Kier alpha value is -1.67. The molecule has 17 heavy (non-hydrogen) atoms. The van der Waals surface area contributed by atoms with Crippen molar-refractivity contribution in [1.82, 2.24) is 4.57 Å². The van der Waals surface area contributed by atoms with Crippen molar-refractivity contribution in [3.05, 3.63) is 60.8 Å². The summed E-state index contributed by atoms with van der Waals surface area (Å²) >= 11 is 1.80. The predicted molar refractivity (Wildman–Crippen MR) is 73.5 cm³/mol. The zero-order chi connectivity index (χ0) is 11.7. The third-order valence-electron chi connectivity index (χ3n) is 2.84. The van der Waals surface area contributed by atoms with Gasteiger partial charge in [0.1, 0.15) is 0 Å². The zero-order valence-electron chi connectivity index (χ0n) is 9.63. The Morgan fingerprint density at radius 1 is 0.882 bits per heavy atom. The first-order chi connectivity index (χ1) is 8.33. The molecule has 0 aliphatic heterocycles. The number of fused-ring (bicyclic) bond motifs is 1. The minimum absolute atomic E-state index is 1.28. The van der Waals surface area contributed by atoms with E-state index in [9.17, 15) is 0 Å². The lowest BCUT2D eigenvalue weighted by atomic mass is 10.2. The van der Waals surface area contributed by atoms with Crippen LogP contribution < -0.4 is 0 Å². The largest absolute Gasteiger partial charge is 0.351 e. The molecule has 1 nitrogen and oxygen atoms in total. The van der Waals surface area contributed by atoms with Crippen molar-refractivity contribution in [2.45, 2.75) is 9.79 Å². The average Bonchev–Trinajstić information content (AvgIpc) is 2.72. The summed E-state index contributed by atoms with van der Waals surface area (Å²) in [6.07, 6.45) is 2.10. The lowest BCUT2D eigenvalue weighted by molar-refractivity contribution is 0.969. The highest BCUT2D eigenvalue weighted by Crippen LogP contribution is 2.29. The number of rotatable bonds is 2. The van der Waals surface area contributed by atoms with Crippen LogP contribution in [0.5, 0.6) is 0 Å². The Balaban J connectivity index is 1.96. The minimum Gasteiger partial charge on any atom is -0.351 e. The van der Waals surface area contributed by atoms with Gasteiger partial charge in [-0.05, 0) is 36.4 Å². The molecule has 3 aromatic rings. The van der Waals surface area contributed by atoms with Gasteiger partial charge in [-0.1, -0.05) is 30.0 Å². The number of nitrogens with zero attached hydrogens (tertiary/aromatic N) is 1. The van der Waals surface area contributed by atoms with Crippen LogP contribution in [0.25, 0.3) is 10.9 Å². The fourth-order valence-corrected chi connectivity index (χ4v) is 2.84. The van der Waals surface area contributed by atoms with Crippen molar-refractivity contribution in [1.29, 1.82) is 0 Å². The topological polar surface area (TPSA) is 4.93 Å². The van der Waals surface area contributed by atoms with Crippen LogP contribution >= 0.6 is 11.8 Å². The first-order valence-electron chi connectivity index (χ1n) is 5.61. The first-order valence-corrected chi connectivity index (χ1v) is 6.42. The molecular weight excluding hydrogens is 226 g/mol. The monoisotopic (exact) mass is 239 g/mol. The highest BCUT2D eigenvalue weighted by molar-refractivity contribution is 7.99. The van der Waals surface area contributed by atoms with Gasteiger partial charge in [-0.15, -0.1) is 0 Å². The molecule has 0 saturated carbocycles. The van der Waals surface area contributed by atoms with Gasteiger partial charge in [0.25, 0.3) is 0 Å². The normalized spacial score (nSPS) is 10.9. The van der Waals surface area contributed by atoms with Crippen LogP contribution in [-0.4, -0.2) is 4.57 Å². The maximum Gasteiger partial charge on any atom is 0.0478 e. The van der Waals surface area contributed by atoms with E-state index in [2.05, 4.69) is 66.3 Å². The third kappa shape index (κ3) is 2.08. The Labute approximate surface area is 105 Å².